The number of hydrogen-bond donors (Lipinski definition) is 2. The Hall–Kier alpha value is -3.68. The quantitative estimate of drug-likeness (QED) is 0.524. The molecule has 1 amide bonds. The van der Waals surface area contributed by atoms with Crippen LogP contribution in [0.15, 0.2) is 60.8 Å². The average Bonchev–Trinajstić information content (AvgIpc) is 3.05. The van der Waals surface area contributed by atoms with Gasteiger partial charge in [-0.25, -0.2) is 0 Å². The van der Waals surface area contributed by atoms with Crippen molar-refractivity contribution in [3.05, 3.63) is 82.0 Å². The van der Waals surface area contributed by atoms with Crippen LogP contribution in [0.2, 0.25) is 0 Å². The number of nitrogens with zero attached hydrogens (tertiary/aromatic N) is 3. The minimum absolute atomic E-state index is 0.158. The molecule has 0 aliphatic heterocycles. The van der Waals surface area contributed by atoms with Crippen LogP contribution in [-0.4, -0.2) is 20.6 Å². The van der Waals surface area contributed by atoms with Crippen molar-refractivity contribution in [2.24, 2.45) is 7.05 Å². The van der Waals surface area contributed by atoms with Crippen molar-refractivity contribution in [3.8, 4) is 0 Å². The fourth-order valence-electron chi connectivity index (χ4n) is 2.44. The maximum absolute atomic E-state index is 12.3. The van der Waals surface area contributed by atoms with Gasteiger partial charge < -0.3 is 10.6 Å². The van der Waals surface area contributed by atoms with Gasteiger partial charge in [-0.05, 0) is 17.7 Å². The first kappa shape index (κ1) is 17.2. The Balaban J connectivity index is 1.77. The topological polar surface area (TPSA) is 102 Å². The second-order valence-electron chi connectivity index (χ2n) is 5.66. The Bertz CT molecular complexity index is 937. The molecule has 0 unspecified atom stereocenters. The molecule has 0 saturated carbocycles. The molecule has 0 saturated heterocycles. The third-order valence-electron chi connectivity index (χ3n) is 3.74. The summed E-state index contributed by atoms with van der Waals surface area (Å²) in [6, 6.07) is 15.5. The molecule has 2 aromatic carbocycles. The van der Waals surface area contributed by atoms with Crippen LogP contribution >= 0.6 is 0 Å². The maximum atomic E-state index is 12.3. The first-order valence-corrected chi connectivity index (χ1v) is 7.90. The van der Waals surface area contributed by atoms with Crippen LogP contribution in [0.5, 0.6) is 0 Å². The van der Waals surface area contributed by atoms with Gasteiger partial charge in [0.05, 0.1) is 4.92 Å². The van der Waals surface area contributed by atoms with Crippen molar-refractivity contribution in [1.82, 2.24) is 9.78 Å². The summed E-state index contributed by atoms with van der Waals surface area (Å²) in [6.07, 6.45) is 1.69. The summed E-state index contributed by atoms with van der Waals surface area (Å²) in [5, 5.41) is 21.1. The third kappa shape index (κ3) is 4.04. The fraction of sp³-hybridized carbons (Fsp3) is 0.111. The Morgan fingerprint density at radius 2 is 1.96 bits per heavy atom. The van der Waals surface area contributed by atoms with Crippen LogP contribution in [0.25, 0.3) is 0 Å². The smallest absolute Gasteiger partial charge is 0.293 e. The van der Waals surface area contributed by atoms with Crippen molar-refractivity contribution in [3.63, 3.8) is 0 Å². The number of nitro groups is 1. The lowest BCUT2D eigenvalue weighted by atomic mass is 10.1. The van der Waals surface area contributed by atoms with E-state index in [1.807, 2.05) is 30.3 Å². The van der Waals surface area contributed by atoms with Gasteiger partial charge in [-0.15, -0.1) is 0 Å². The molecule has 132 valence electrons. The van der Waals surface area contributed by atoms with Gasteiger partial charge in [-0.3, -0.25) is 19.6 Å². The molecule has 8 heteroatoms. The Labute approximate surface area is 149 Å². The highest BCUT2D eigenvalue weighted by molar-refractivity contribution is 6.04. The highest BCUT2D eigenvalue weighted by Crippen LogP contribution is 2.26. The van der Waals surface area contributed by atoms with Crippen molar-refractivity contribution >= 4 is 23.1 Å². The molecular weight excluding hydrogens is 334 g/mol. The van der Waals surface area contributed by atoms with Crippen LogP contribution < -0.4 is 10.6 Å². The first-order chi connectivity index (χ1) is 12.5. The van der Waals surface area contributed by atoms with E-state index in [-0.39, 0.29) is 11.3 Å². The van der Waals surface area contributed by atoms with E-state index in [2.05, 4.69) is 15.7 Å². The predicted octanol–water partition coefficient (Wildman–Crippen LogP) is 3.19. The van der Waals surface area contributed by atoms with Gasteiger partial charge in [0.15, 0.2) is 5.82 Å². The molecule has 0 radical (unpaired) electrons. The second-order valence-corrected chi connectivity index (χ2v) is 5.66. The highest BCUT2D eigenvalue weighted by atomic mass is 16.6. The average molecular weight is 351 g/mol. The zero-order chi connectivity index (χ0) is 18.5. The number of amides is 1. The van der Waals surface area contributed by atoms with Crippen molar-refractivity contribution in [1.29, 1.82) is 0 Å². The Morgan fingerprint density at radius 3 is 2.62 bits per heavy atom. The van der Waals surface area contributed by atoms with Crippen LogP contribution in [0, 0.1) is 10.1 Å². The highest BCUT2D eigenvalue weighted by Gasteiger charge is 2.18. The van der Waals surface area contributed by atoms with E-state index in [9.17, 15) is 14.9 Å². The molecule has 2 N–H and O–H groups in total. The van der Waals surface area contributed by atoms with Crippen LogP contribution in [-0.2, 0) is 13.6 Å². The molecule has 3 rings (SSSR count). The molecule has 0 spiro atoms. The van der Waals surface area contributed by atoms with Crippen LogP contribution in [0.1, 0.15) is 15.9 Å². The standard InChI is InChI=1S/C18H17N5O3/c1-22-10-9-17(21-22)20-18(24)14-7-8-15(16(11-14)23(25)26)19-12-13-5-3-2-4-6-13/h2-11,19H,12H2,1H3,(H,20,21,24). The van der Waals surface area contributed by atoms with E-state index in [0.29, 0.717) is 18.1 Å². The van der Waals surface area contributed by atoms with Crippen molar-refractivity contribution in [2.45, 2.75) is 6.54 Å². The molecule has 3 aromatic rings. The first-order valence-electron chi connectivity index (χ1n) is 7.90. The van der Waals surface area contributed by atoms with E-state index in [0.717, 1.165) is 5.56 Å². The van der Waals surface area contributed by atoms with E-state index >= 15 is 0 Å². The zero-order valence-corrected chi connectivity index (χ0v) is 14.0. The molecule has 1 heterocycles. The summed E-state index contributed by atoms with van der Waals surface area (Å²) in [4.78, 5) is 23.2. The fourth-order valence-corrected chi connectivity index (χ4v) is 2.44. The number of nitro benzene ring substituents is 1. The van der Waals surface area contributed by atoms with Crippen molar-refractivity contribution in [2.75, 3.05) is 10.6 Å². The lowest BCUT2D eigenvalue weighted by Gasteiger charge is -2.09. The Morgan fingerprint density at radius 1 is 1.19 bits per heavy atom. The number of carbonyl (C=O) groups excluding carboxylic acids is 1. The van der Waals surface area contributed by atoms with Gasteiger partial charge >= 0.3 is 0 Å². The van der Waals surface area contributed by atoms with Gasteiger partial charge in [-0.1, -0.05) is 30.3 Å². The minimum Gasteiger partial charge on any atom is -0.375 e. The monoisotopic (exact) mass is 351 g/mol. The summed E-state index contributed by atoms with van der Waals surface area (Å²) in [7, 11) is 1.73. The number of aromatic nitrogens is 2. The maximum Gasteiger partial charge on any atom is 0.293 e. The van der Waals surface area contributed by atoms with Gasteiger partial charge in [-0.2, -0.15) is 5.10 Å². The minimum atomic E-state index is -0.509. The number of nitrogens with one attached hydrogen (secondary N) is 2. The van der Waals surface area contributed by atoms with E-state index in [1.54, 1.807) is 30.1 Å². The SMILES string of the molecule is Cn1ccc(NC(=O)c2ccc(NCc3ccccc3)c([N+](=O)[O-])c2)n1. The van der Waals surface area contributed by atoms with Crippen LogP contribution in [0.3, 0.4) is 0 Å². The normalized spacial score (nSPS) is 10.3. The second kappa shape index (κ2) is 7.47. The van der Waals surface area contributed by atoms with Gasteiger partial charge in [0.25, 0.3) is 11.6 Å². The molecule has 0 aliphatic carbocycles. The molecule has 0 bridgehead atoms. The lowest BCUT2D eigenvalue weighted by molar-refractivity contribution is -0.384. The van der Waals surface area contributed by atoms with E-state index in [1.165, 1.54) is 12.1 Å². The molecule has 26 heavy (non-hydrogen) atoms. The predicted molar refractivity (Wildman–Crippen MR) is 98.0 cm³/mol. The van der Waals surface area contributed by atoms with Crippen LogP contribution in [0.4, 0.5) is 17.2 Å². The summed E-state index contributed by atoms with van der Waals surface area (Å²) in [6.45, 7) is 0.446. The summed E-state index contributed by atoms with van der Waals surface area (Å²) < 4.78 is 1.55. The largest absolute Gasteiger partial charge is 0.375 e. The summed E-state index contributed by atoms with van der Waals surface area (Å²) in [5.74, 6) is -0.0761. The van der Waals surface area contributed by atoms with Gasteiger partial charge in [0, 0.05) is 37.5 Å². The van der Waals surface area contributed by atoms with Gasteiger partial charge in [0.2, 0.25) is 0 Å². The zero-order valence-electron chi connectivity index (χ0n) is 14.0. The molecule has 0 fully saturated rings. The molecule has 8 nitrogen and oxygen atoms in total. The lowest BCUT2D eigenvalue weighted by Crippen LogP contribution is -2.13. The number of benzene rings is 2. The summed E-state index contributed by atoms with van der Waals surface area (Å²) >= 11 is 0. The number of hydrogen-bond acceptors (Lipinski definition) is 5. The third-order valence-corrected chi connectivity index (χ3v) is 3.74. The van der Waals surface area contributed by atoms with Crippen molar-refractivity contribution < 1.29 is 9.72 Å². The number of rotatable bonds is 6. The van der Waals surface area contributed by atoms with E-state index in [4.69, 9.17) is 0 Å². The molecular formula is C18H17N5O3. The van der Waals surface area contributed by atoms with E-state index < -0.39 is 10.8 Å². The summed E-state index contributed by atoms with van der Waals surface area (Å²) in [5.41, 5.74) is 1.38. The molecule has 0 atom stereocenters. The Kier molecular flexibility index (Phi) is 4.93. The number of anilines is 2. The number of carbonyl (C=O) groups is 1. The molecule has 0 aliphatic rings. The molecule has 1 aromatic heterocycles. The number of aryl methyl sites for hydroxylation is 1. The van der Waals surface area contributed by atoms with Gasteiger partial charge in [0.1, 0.15) is 5.69 Å².